The highest BCUT2D eigenvalue weighted by molar-refractivity contribution is 7.15. The molecular formula is C17H17Cl2NO3S. The van der Waals surface area contributed by atoms with Gasteiger partial charge in [-0.1, -0.05) is 23.7 Å². The summed E-state index contributed by atoms with van der Waals surface area (Å²) in [6, 6.07) is 7.54. The van der Waals surface area contributed by atoms with Gasteiger partial charge in [0.2, 0.25) is 0 Å². The maximum atomic E-state index is 11.8. The quantitative estimate of drug-likeness (QED) is 0.638. The zero-order valence-corrected chi connectivity index (χ0v) is 15.4. The Balaban J connectivity index is 1.76. The number of hydrogen-bond donors (Lipinski definition) is 0. The molecule has 1 aliphatic heterocycles. The van der Waals surface area contributed by atoms with Crippen LogP contribution in [-0.4, -0.2) is 29.2 Å². The lowest BCUT2D eigenvalue weighted by molar-refractivity contribution is -0.378. The van der Waals surface area contributed by atoms with Crippen LogP contribution in [0.25, 0.3) is 10.6 Å². The molecule has 1 aromatic carbocycles. The molecule has 0 amide bonds. The number of nitrogens with zero attached hydrogens (tertiary/aromatic N) is 1. The average molecular weight is 386 g/mol. The number of thiazole rings is 1. The molecule has 1 aliphatic rings. The predicted molar refractivity (Wildman–Crippen MR) is 95.7 cm³/mol. The summed E-state index contributed by atoms with van der Waals surface area (Å²) in [5, 5.41) is 1.59. The molecule has 0 spiro atoms. The van der Waals surface area contributed by atoms with Gasteiger partial charge < -0.3 is 9.47 Å². The van der Waals surface area contributed by atoms with Crippen LogP contribution in [0.2, 0.25) is 5.02 Å². The smallest absolute Gasteiger partial charge is 0.164 e. The van der Waals surface area contributed by atoms with Crippen LogP contribution in [0.5, 0.6) is 0 Å². The lowest BCUT2D eigenvalue weighted by atomic mass is 9.97. The number of hydrogen-bond acceptors (Lipinski definition) is 5. The molecule has 3 rings (SSSR count). The van der Waals surface area contributed by atoms with Gasteiger partial charge in [-0.05, 0) is 19.1 Å². The first kappa shape index (κ1) is 17.8. The fourth-order valence-corrected chi connectivity index (χ4v) is 3.88. The molecule has 0 saturated carbocycles. The Morgan fingerprint density at radius 3 is 2.67 bits per heavy atom. The van der Waals surface area contributed by atoms with Crippen LogP contribution in [-0.2, 0) is 14.3 Å². The maximum Gasteiger partial charge on any atom is 0.164 e. The zero-order chi connectivity index (χ0) is 17.1. The highest BCUT2D eigenvalue weighted by atomic mass is 35.5. The van der Waals surface area contributed by atoms with Crippen molar-refractivity contribution >= 4 is 40.3 Å². The van der Waals surface area contributed by atoms with Gasteiger partial charge in [-0.3, -0.25) is 4.79 Å². The van der Waals surface area contributed by atoms with Gasteiger partial charge in [-0.2, -0.15) is 0 Å². The first-order valence-electron chi connectivity index (χ1n) is 7.65. The van der Waals surface area contributed by atoms with E-state index in [1.54, 1.807) is 11.3 Å². The second-order valence-corrected chi connectivity index (χ2v) is 7.42. The van der Waals surface area contributed by atoms with E-state index in [-0.39, 0.29) is 30.2 Å². The van der Waals surface area contributed by atoms with Crippen LogP contribution in [0.1, 0.15) is 30.6 Å². The lowest BCUT2D eigenvalue weighted by Gasteiger charge is -2.35. The minimum Gasteiger partial charge on any atom is -0.324 e. The minimum atomic E-state index is -0.269. The van der Waals surface area contributed by atoms with E-state index in [1.165, 1.54) is 0 Å². The van der Waals surface area contributed by atoms with Gasteiger partial charge in [-0.15, -0.1) is 22.9 Å². The van der Waals surface area contributed by atoms with Crippen molar-refractivity contribution < 1.29 is 14.3 Å². The minimum absolute atomic E-state index is 0.00713. The average Bonchev–Trinajstić information content (AvgIpc) is 3.03. The maximum absolute atomic E-state index is 11.8. The third kappa shape index (κ3) is 4.35. The molecule has 1 fully saturated rings. The van der Waals surface area contributed by atoms with Gasteiger partial charge in [0.05, 0.1) is 5.88 Å². The summed E-state index contributed by atoms with van der Waals surface area (Å²) >= 11 is 13.2. The Morgan fingerprint density at radius 1 is 1.33 bits per heavy atom. The van der Waals surface area contributed by atoms with Crippen molar-refractivity contribution in [2.75, 3.05) is 5.88 Å². The molecule has 128 valence electrons. The number of Topliss-reactive ketones (excluding diaryl/α,β-unsaturated/α-hetero) is 1. The summed E-state index contributed by atoms with van der Waals surface area (Å²) in [4.78, 5) is 17.3. The van der Waals surface area contributed by atoms with Gasteiger partial charge in [0.25, 0.3) is 0 Å². The topological polar surface area (TPSA) is 48.4 Å². The molecule has 1 atom stereocenters. The Morgan fingerprint density at radius 2 is 2.04 bits per heavy atom. The van der Waals surface area contributed by atoms with E-state index in [0.717, 1.165) is 15.4 Å². The van der Waals surface area contributed by atoms with Crippen LogP contribution in [0.4, 0.5) is 0 Å². The molecule has 1 unspecified atom stereocenters. The molecule has 0 aliphatic carbocycles. The number of ketones is 1. The largest absolute Gasteiger partial charge is 0.324 e. The Kier molecular flexibility index (Phi) is 5.89. The van der Waals surface area contributed by atoms with Gasteiger partial charge in [0, 0.05) is 40.4 Å². The molecule has 4 nitrogen and oxygen atoms in total. The summed E-state index contributed by atoms with van der Waals surface area (Å²) in [7, 11) is 0. The predicted octanol–water partition coefficient (Wildman–Crippen LogP) is 4.85. The van der Waals surface area contributed by atoms with Crippen molar-refractivity contribution in [2.24, 2.45) is 0 Å². The van der Waals surface area contributed by atoms with Crippen molar-refractivity contribution in [1.82, 2.24) is 4.98 Å². The summed E-state index contributed by atoms with van der Waals surface area (Å²) < 4.78 is 11.0. The van der Waals surface area contributed by atoms with Crippen LogP contribution >= 0.6 is 34.5 Å². The molecule has 0 N–H and O–H groups in total. The summed E-state index contributed by atoms with van der Waals surface area (Å²) in [5.41, 5.74) is 1.00. The molecule has 24 heavy (non-hydrogen) atoms. The van der Waals surface area contributed by atoms with E-state index in [4.69, 9.17) is 32.7 Å². The summed E-state index contributed by atoms with van der Waals surface area (Å²) in [6.07, 6.45) is 2.36. The number of ether oxygens (including phenoxy) is 2. The van der Waals surface area contributed by atoms with Crippen LogP contribution in [0.15, 0.2) is 30.5 Å². The van der Waals surface area contributed by atoms with Gasteiger partial charge in [0.15, 0.2) is 12.6 Å². The van der Waals surface area contributed by atoms with E-state index < -0.39 is 0 Å². The fraction of sp³-hybridized carbons (Fsp3) is 0.412. The Hall–Kier alpha value is -0.980. The van der Waals surface area contributed by atoms with Crippen LogP contribution in [0, 0.1) is 0 Å². The molecule has 7 heteroatoms. The first-order valence-corrected chi connectivity index (χ1v) is 9.38. The van der Waals surface area contributed by atoms with Crippen molar-refractivity contribution in [3.63, 3.8) is 0 Å². The Bertz CT molecular complexity index is 698. The number of carbonyl (C=O) groups is 1. The standard InChI is InChI=1S/C17H17Cl2NO3S/c1-10-22-16(23-10)7-12(6-14(21)8-18)15-9-20-17(24-15)11-2-4-13(19)5-3-11/h2-5,9-10,12,16H,6-8H2,1H3. The normalized spacial score (nSPS) is 21.3. The number of aromatic nitrogens is 1. The highest BCUT2D eigenvalue weighted by Gasteiger charge is 2.31. The second kappa shape index (κ2) is 7.93. The fourth-order valence-electron chi connectivity index (χ4n) is 2.61. The van der Waals surface area contributed by atoms with Crippen molar-refractivity contribution in [3.8, 4) is 10.6 Å². The number of carbonyl (C=O) groups excluding carboxylic acids is 1. The monoisotopic (exact) mass is 385 g/mol. The molecule has 2 heterocycles. The number of benzene rings is 1. The third-order valence-electron chi connectivity index (χ3n) is 3.80. The van der Waals surface area contributed by atoms with E-state index in [9.17, 15) is 4.79 Å². The van der Waals surface area contributed by atoms with Crippen molar-refractivity contribution in [3.05, 3.63) is 40.4 Å². The number of rotatable bonds is 7. The second-order valence-electron chi connectivity index (χ2n) is 5.65. The van der Waals surface area contributed by atoms with Gasteiger partial charge in [-0.25, -0.2) is 4.98 Å². The van der Waals surface area contributed by atoms with E-state index >= 15 is 0 Å². The third-order valence-corrected chi connectivity index (χ3v) is 5.56. The number of halogens is 2. The number of alkyl halides is 1. The van der Waals surface area contributed by atoms with E-state index in [0.29, 0.717) is 17.9 Å². The van der Waals surface area contributed by atoms with E-state index in [2.05, 4.69) is 4.98 Å². The highest BCUT2D eigenvalue weighted by Crippen LogP contribution is 2.36. The molecule has 1 aromatic heterocycles. The van der Waals surface area contributed by atoms with Crippen LogP contribution in [0.3, 0.4) is 0 Å². The van der Waals surface area contributed by atoms with Crippen molar-refractivity contribution in [2.45, 2.75) is 38.3 Å². The summed E-state index contributed by atoms with van der Waals surface area (Å²) in [6.45, 7) is 1.85. The van der Waals surface area contributed by atoms with Gasteiger partial charge in [0.1, 0.15) is 10.8 Å². The SMILES string of the molecule is CC1OC(CC(CC(=O)CCl)c2cnc(-c3ccc(Cl)cc3)s2)O1. The molecule has 0 radical (unpaired) electrons. The van der Waals surface area contributed by atoms with E-state index in [1.807, 2.05) is 37.4 Å². The van der Waals surface area contributed by atoms with Crippen LogP contribution < -0.4 is 0 Å². The first-order chi connectivity index (χ1) is 11.5. The zero-order valence-electron chi connectivity index (χ0n) is 13.1. The Labute approximate surface area is 154 Å². The molecule has 0 bridgehead atoms. The molecular weight excluding hydrogens is 369 g/mol. The molecule has 2 aromatic rings. The summed E-state index contributed by atoms with van der Waals surface area (Å²) in [5.74, 6) is 0.0186. The van der Waals surface area contributed by atoms with Crippen molar-refractivity contribution in [1.29, 1.82) is 0 Å². The van der Waals surface area contributed by atoms with Gasteiger partial charge >= 0.3 is 0 Å². The lowest BCUT2D eigenvalue weighted by Crippen LogP contribution is -2.39. The molecule has 1 saturated heterocycles.